The fourth-order valence-corrected chi connectivity index (χ4v) is 2.81. The number of furan rings is 1. The number of ether oxygens (including phenoxy) is 1. The van der Waals surface area contributed by atoms with Crippen LogP contribution in [-0.4, -0.2) is 5.97 Å². The molecule has 1 fully saturated rings. The predicted octanol–water partition coefficient (Wildman–Crippen LogP) is 4.66. The van der Waals surface area contributed by atoms with Gasteiger partial charge in [0.2, 0.25) is 0 Å². The van der Waals surface area contributed by atoms with Crippen LogP contribution in [0.3, 0.4) is 0 Å². The Hall–Kier alpha value is -2.81. The average molecular weight is 304 g/mol. The predicted molar refractivity (Wildman–Crippen MR) is 87.1 cm³/mol. The molecule has 3 nitrogen and oxygen atoms in total. The number of hydrogen-bond donors (Lipinski definition) is 0. The lowest BCUT2D eigenvalue weighted by molar-refractivity contribution is -0.135. The molecule has 0 radical (unpaired) electrons. The van der Waals surface area contributed by atoms with Gasteiger partial charge in [-0.2, -0.15) is 0 Å². The van der Waals surface area contributed by atoms with Gasteiger partial charge in [0.05, 0.1) is 12.2 Å². The maximum atomic E-state index is 12.2. The van der Waals surface area contributed by atoms with Gasteiger partial charge in [0.25, 0.3) is 0 Å². The first-order chi connectivity index (χ1) is 11.3. The summed E-state index contributed by atoms with van der Waals surface area (Å²) in [6.07, 6.45) is 2.44. The van der Waals surface area contributed by atoms with E-state index in [2.05, 4.69) is 12.1 Å². The smallest absolute Gasteiger partial charge is 0.315 e. The molecule has 114 valence electrons. The molecule has 0 unspecified atom stereocenters. The van der Waals surface area contributed by atoms with Crippen molar-refractivity contribution in [3.8, 4) is 16.9 Å². The third-order valence-electron chi connectivity index (χ3n) is 4.18. The Labute approximate surface area is 134 Å². The number of rotatable bonds is 4. The lowest BCUT2D eigenvalue weighted by Gasteiger charge is -2.06. The van der Waals surface area contributed by atoms with E-state index < -0.39 is 0 Å². The summed E-state index contributed by atoms with van der Waals surface area (Å²) in [7, 11) is 0. The van der Waals surface area contributed by atoms with Crippen LogP contribution in [0.4, 0.5) is 0 Å². The Morgan fingerprint density at radius 3 is 2.35 bits per heavy atom. The lowest BCUT2D eigenvalue weighted by Crippen LogP contribution is -2.11. The molecule has 1 aliphatic carbocycles. The van der Waals surface area contributed by atoms with Crippen LogP contribution < -0.4 is 4.74 Å². The molecule has 3 heteroatoms. The van der Waals surface area contributed by atoms with Crippen molar-refractivity contribution in [3.63, 3.8) is 0 Å². The zero-order chi connectivity index (χ0) is 15.6. The summed E-state index contributed by atoms with van der Waals surface area (Å²) in [6.45, 7) is 0. The molecule has 1 saturated carbocycles. The van der Waals surface area contributed by atoms with Crippen molar-refractivity contribution in [2.75, 3.05) is 0 Å². The molecule has 0 spiro atoms. The zero-order valence-corrected chi connectivity index (χ0v) is 12.5. The molecule has 1 aliphatic rings. The van der Waals surface area contributed by atoms with E-state index in [0.717, 1.165) is 23.3 Å². The van der Waals surface area contributed by atoms with Gasteiger partial charge in [-0.1, -0.05) is 42.5 Å². The van der Waals surface area contributed by atoms with Gasteiger partial charge in [-0.05, 0) is 41.8 Å². The largest absolute Gasteiger partial charge is 0.469 e. The van der Waals surface area contributed by atoms with Crippen LogP contribution in [0.25, 0.3) is 11.1 Å². The molecule has 0 aliphatic heterocycles. The van der Waals surface area contributed by atoms with Crippen molar-refractivity contribution in [1.29, 1.82) is 0 Å². The topological polar surface area (TPSA) is 39.4 Å². The van der Waals surface area contributed by atoms with Gasteiger partial charge in [-0.15, -0.1) is 0 Å². The Morgan fingerprint density at radius 1 is 0.913 bits per heavy atom. The van der Waals surface area contributed by atoms with Gasteiger partial charge in [0.15, 0.2) is 0 Å². The molecule has 23 heavy (non-hydrogen) atoms. The zero-order valence-electron chi connectivity index (χ0n) is 12.5. The van der Waals surface area contributed by atoms with Gasteiger partial charge in [0.1, 0.15) is 11.5 Å². The van der Waals surface area contributed by atoms with E-state index in [4.69, 9.17) is 9.15 Å². The van der Waals surface area contributed by atoms with Crippen LogP contribution in [0.1, 0.15) is 18.1 Å². The van der Waals surface area contributed by atoms with E-state index in [9.17, 15) is 4.79 Å². The highest BCUT2D eigenvalue weighted by molar-refractivity contribution is 5.79. The second-order valence-electron chi connectivity index (χ2n) is 5.78. The molecule has 2 aromatic carbocycles. The first-order valence-corrected chi connectivity index (χ1v) is 7.72. The summed E-state index contributed by atoms with van der Waals surface area (Å²) in [5.41, 5.74) is 2.25. The molecule has 4 rings (SSSR count). The third kappa shape index (κ3) is 2.90. The van der Waals surface area contributed by atoms with E-state index in [1.807, 2.05) is 54.6 Å². The number of benzene rings is 2. The van der Waals surface area contributed by atoms with Crippen LogP contribution >= 0.6 is 0 Å². The molecule has 0 saturated heterocycles. The molecular weight excluding hydrogens is 288 g/mol. The Bertz CT molecular complexity index is 789. The van der Waals surface area contributed by atoms with Crippen molar-refractivity contribution in [1.82, 2.24) is 0 Å². The number of hydrogen-bond acceptors (Lipinski definition) is 3. The van der Waals surface area contributed by atoms with Crippen molar-refractivity contribution < 1.29 is 13.9 Å². The molecule has 0 bridgehead atoms. The monoisotopic (exact) mass is 304 g/mol. The fourth-order valence-electron chi connectivity index (χ4n) is 2.81. The van der Waals surface area contributed by atoms with Gasteiger partial charge >= 0.3 is 5.97 Å². The Balaban J connectivity index is 1.41. The van der Waals surface area contributed by atoms with E-state index in [0.29, 0.717) is 5.75 Å². The van der Waals surface area contributed by atoms with Crippen LogP contribution in [0.5, 0.6) is 5.75 Å². The fraction of sp³-hybridized carbons (Fsp3) is 0.150. The standard InChI is InChI=1S/C20H16O3/c21-20(18-13-17(18)19-7-4-12-22-19)23-16-10-8-15(9-11-16)14-5-2-1-3-6-14/h1-12,17-18H,13H2/t17-,18+/m1/s1. The second-order valence-corrected chi connectivity index (χ2v) is 5.78. The molecular formula is C20H16O3. The third-order valence-corrected chi connectivity index (χ3v) is 4.18. The normalized spacial score (nSPS) is 19.3. The maximum Gasteiger partial charge on any atom is 0.315 e. The van der Waals surface area contributed by atoms with Gasteiger partial charge in [-0.3, -0.25) is 4.79 Å². The quantitative estimate of drug-likeness (QED) is 0.520. The highest BCUT2D eigenvalue weighted by Crippen LogP contribution is 2.48. The molecule has 1 aromatic heterocycles. The molecule has 2 atom stereocenters. The number of carbonyl (C=O) groups excluding carboxylic acids is 1. The van der Waals surface area contributed by atoms with Crippen LogP contribution in [0, 0.1) is 5.92 Å². The lowest BCUT2D eigenvalue weighted by atomic mass is 10.1. The van der Waals surface area contributed by atoms with Crippen molar-refractivity contribution in [3.05, 3.63) is 78.8 Å². The van der Waals surface area contributed by atoms with Crippen LogP contribution in [-0.2, 0) is 4.79 Å². The molecule has 3 aromatic rings. The van der Waals surface area contributed by atoms with E-state index in [1.165, 1.54) is 0 Å². The van der Waals surface area contributed by atoms with Crippen LogP contribution in [0.15, 0.2) is 77.4 Å². The molecule has 0 N–H and O–H groups in total. The summed E-state index contributed by atoms with van der Waals surface area (Å²) in [5, 5.41) is 0. The maximum absolute atomic E-state index is 12.2. The first-order valence-electron chi connectivity index (χ1n) is 7.72. The highest BCUT2D eigenvalue weighted by Gasteiger charge is 2.47. The second kappa shape index (κ2) is 5.76. The summed E-state index contributed by atoms with van der Waals surface area (Å²) < 4.78 is 10.8. The summed E-state index contributed by atoms with van der Waals surface area (Å²) in [5.74, 6) is 1.35. The van der Waals surface area contributed by atoms with Gasteiger partial charge in [0, 0.05) is 5.92 Å². The highest BCUT2D eigenvalue weighted by atomic mass is 16.5. The van der Waals surface area contributed by atoms with Crippen molar-refractivity contribution >= 4 is 5.97 Å². The van der Waals surface area contributed by atoms with E-state index >= 15 is 0 Å². The van der Waals surface area contributed by atoms with Crippen LogP contribution in [0.2, 0.25) is 0 Å². The SMILES string of the molecule is O=C(Oc1ccc(-c2ccccc2)cc1)[C@H]1C[C@H]1c1ccco1. The number of carbonyl (C=O) groups is 1. The first kappa shape index (κ1) is 13.8. The molecule has 1 heterocycles. The minimum atomic E-state index is -0.182. The van der Waals surface area contributed by atoms with E-state index in [-0.39, 0.29) is 17.8 Å². The summed E-state index contributed by atoms with van der Waals surface area (Å²) >= 11 is 0. The van der Waals surface area contributed by atoms with Gasteiger partial charge in [-0.25, -0.2) is 0 Å². The average Bonchev–Trinajstić information content (AvgIpc) is 3.22. The summed E-state index contributed by atoms with van der Waals surface area (Å²) in [6, 6.07) is 21.5. The minimum Gasteiger partial charge on any atom is -0.469 e. The summed E-state index contributed by atoms with van der Waals surface area (Å²) in [4.78, 5) is 12.2. The minimum absolute atomic E-state index is 0.0880. The Kier molecular flexibility index (Phi) is 3.46. The molecule has 0 amide bonds. The van der Waals surface area contributed by atoms with Crippen molar-refractivity contribution in [2.24, 2.45) is 5.92 Å². The van der Waals surface area contributed by atoms with Crippen molar-refractivity contribution in [2.45, 2.75) is 12.3 Å². The Morgan fingerprint density at radius 2 is 1.65 bits per heavy atom. The van der Waals surface area contributed by atoms with E-state index in [1.54, 1.807) is 6.26 Å². The number of esters is 1. The van der Waals surface area contributed by atoms with Gasteiger partial charge < -0.3 is 9.15 Å².